The molecule has 0 bridgehead atoms. The largest absolute Gasteiger partial charge is 0.493 e. The van der Waals surface area contributed by atoms with Crippen molar-refractivity contribution in [1.82, 2.24) is 5.32 Å². The molecule has 1 aromatic rings. The van der Waals surface area contributed by atoms with E-state index in [1.165, 1.54) is 0 Å². The molecular formula is C16H24ClNO3. The van der Waals surface area contributed by atoms with Crippen molar-refractivity contribution in [2.45, 2.75) is 44.8 Å². The summed E-state index contributed by atoms with van der Waals surface area (Å²) in [6.45, 7) is 3.71. The van der Waals surface area contributed by atoms with E-state index < -0.39 is 5.60 Å². The number of rotatable bonds is 7. The predicted octanol–water partition coefficient (Wildman–Crippen LogP) is 3.14. The molecule has 0 spiro atoms. The molecule has 2 N–H and O–H groups in total. The van der Waals surface area contributed by atoms with Gasteiger partial charge in [-0.15, -0.1) is 0 Å². The molecule has 5 heteroatoms. The molecule has 0 aliphatic heterocycles. The Bertz CT molecular complexity index is 473. The highest BCUT2D eigenvalue weighted by atomic mass is 35.5. The third-order valence-corrected chi connectivity index (χ3v) is 4.18. The van der Waals surface area contributed by atoms with Crippen LogP contribution in [0.5, 0.6) is 11.5 Å². The minimum absolute atomic E-state index is 0.542. The number of benzene rings is 1. The first-order chi connectivity index (χ1) is 10.1. The summed E-state index contributed by atoms with van der Waals surface area (Å²) >= 11 is 6.24. The van der Waals surface area contributed by atoms with E-state index in [0.29, 0.717) is 36.2 Å². The van der Waals surface area contributed by atoms with Crippen molar-refractivity contribution in [1.29, 1.82) is 0 Å². The van der Waals surface area contributed by atoms with Crippen LogP contribution >= 0.6 is 11.6 Å². The van der Waals surface area contributed by atoms with Crippen LogP contribution in [0.3, 0.4) is 0 Å². The lowest BCUT2D eigenvalue weighted by atomic mass is 10.0. The fraction of sp³-hybridized carbons (Fsp3) is 0.625. The van der Waals surface area contributed by atoms with E-state index in [0.717, 1.165) is 31.2 Å². The Kier molecular flexibility index (Phi) is 5.73. The summed E-state index contributed by atoms with van der Waals surface area (Å²) in [5.41, 5.74) is 0.473. The maximum absolute atomic E-state index is 10.3. The van der Waals surface area contributed by atoms with Gasteiger partial charge in [0.25, 0.3) is 0 Å². The standard InChI is InChI=1S/C16H24ClNO3/c1-3-21-15-13(17)8-12(9-14(15)20-2)10-18-11-16(19)6-4-5-7-16/h8-9,18-19H,3-7,10-11H2,1-2H3. The number of hydrogen-bond donors (Lipinski definition) is 2. The number of aliphatic hydroxyl groups is 1. The Morgan fingerprint density at radius 3 is 2.67 bits per heavy atom. The van der Waals surface area contributed by atoms with Crippen LogP contribution < -0.4 is 14.8 Å². The summed E-state index contributed by atoms with van der Waals surface area (Å²) in [4.78, 5) is 0. The van der Waals surface area contributed by atoms with Gasteiger partial charge < -0.3 is 19.9 Å². The normalized spacial score (nSPS) is 17.0. The van der Waals surface area contributed by atoms with Crippen molar-refractivity contribution in [3.05, 3.63) is 22.7 Å². The van der Waals surface area contributed by atoms with Gasteiger partial charge in [0, 0.05) is 13.1 Å². The van der Waals surface area contributed by atoms with Crippen molar-refractivity contribution in [2.24, 2.45) is 0 Å². The summed E-state index contributed by atoms with van der Waals surface area (Å²) in [5.74, 6) is 1.22. The molecular weight excluding hydrogens is 290 g/mol. The number of halogens is 1. The van der Waals surface area contributed by atoms with Crippen LogP contribution in [0.1, 0.15) is 38.2 Å². The van der Waals surface area contributed by atoms with Gasteiger partial charge in [0.15, 0.2) is 11.5 Å². The van der Waals surface area contributed by atoms with Gasteiger partial charge in [-0.2, -0.15) is 0 Å². The molecule has 1 aromatic carbocycles. The zero-order valence-electron chi connectivity index (χ0n) is 12.7. The van der Waals surface area contributed by atoms with Crippen LogP contribution in [0, 0.1) is 0 Å². The molecule has 0 atom stereocenters. The predicted molar refractivity (Wildman–Crippen MR) is 84.3 cm³/mol. The molecule has 2 rings (SSSR count). The monoisotopic (exact) mass is 313 g/mol. The topological polar surface area (TPSA) is 50.7 Å². The van der Waals surface area contributed by atoms with Gasteiger partial charge in [0.05, 0.1) is 24.3 Å². The van der Waals surface area contributed by atoms with Crippen LogP contribution in [-0.4, -0.2) is 31.0 Å². The Morgan fingerprint density at radius 1 is 1.33 bits per heavy atom. The van der Waals surface area contributed by atoms with Gasteiger partial charge in [-0.3, -0.25) is 0 Å². The number of methoxy groups -OCH3 is 1. The molecule has 0 unspecified atom stereocenters. The van der Waals surface area contributed by atoms with E-state index in [1.807, 2.05) is 19.1 Å². The first kappa shape index (κ1) is 16.4. The smallest absolute Gasteiger partial charge is 0.179 e. The Morgan fingerprint density at radius 2 is 2.05 bits per heavy atom. The average molecular weight is 314 g/mol. The van der Waals surface area contributed by atoms with Crippen LogP contribution in [0.15, 0.2) is 12.1 Å². The number of hydrogen-bond acceptors (Lipinski definition) is 4. The van der Waals surface area contributed by atoms with Crippen molar-refractivity contribution >= 4 is 11.6 Å². The highest BCUT2D eigenvalue weighted by molar-refractivity contribution is 6.32. The zero-order valence-corrected chi connectivity index (χ0v) is 13.5. The molecule has 118 valence electrons. The second-order valence-corrected chi connectivity index (χ2v) is 5.98. The highest BCUT2D eigenvalue weighted by Crippen LogP contribution is 2.36. The summed E-state index contributed by atoms with van der Waals surface area (Å²) < 4.78 is 10.8. The molecule has 1 aliphatic carbocycles. The second kappa shape index (κ2) is 7.34. The Labute approximate surface area is 131 Å². The van der Waals surface area contributed by atoms with Gasteiger partial charge in [0.2, 0.25) is 0 Å². The number of nitrogens with one attached hydrogen (secondary N) is 1. The minimum atomic E-state index is -0.543. The van der Waals surface area contributed by atoms with E-state index in [2.05, 4.69) is 5.32 Å². The van der Waals surface area contributed by atoms with Gasteiger partial charge >= 0.3 is 0 Å². The van der Waals surface area contributed by atoms with Gasteiger partial charge in [-0.05, 0) is 37.5 Å². The van der Waals surface area contributed by atoms with Crippen molar-refractivity contribution in [3.8, 4) is 11.5 Å². The third kappa shape index (κ3) is 4.25. The Balaban J connectivity index is 1.98. The Hall–Kier alpha value is -0.970. The molecule has 0 saturated heterocycles. The van der Waals surface area contributed by atoms with E-state index >= 15 is 0 Å². The third-order valence-electron chi connectivity index (χ3n) is 3.90. The van der Waals surface area contributed by atoms with Crippen LogP contribution in [0.4, 0.5) is 0 Å². The summed E-state index contributed by atoms with van der Waals surface area (Å²) in [6, 6.07) is 3.79. The van der Waals surface area contributed by atoms with Crippen molar-refractivity contribution in [2.75, 3.05) is 20.3 Å². The van der Waals surface area contributed by atoms with Gasteiger partial charge in [0.1, 0.15) is 0 Å². The molecule has 0 radical (unpaired) electrons. The van der Waals surface area contributed by atoms with Crippen LogP contribution in [-0.2, 0) is 6.54 Å². The van der Waals surface area contributed by atoms with E-state index in [-0.39, 0.29) is 0 Å². The molecule has 0 aromatic heterocycles. The van der Waals surface area contributed by atoms with Crippen LogP contribution in [0.25, 0.3) is 0 Å². The molecule has 1 fully saturated rings. The lowest BCUT2D eigenvalue weighted by Gasteiger charge is -2.22. The molecule has 21 heavy (non-hydrogen) atoms. The highest BCUT2D eigenvalue weighted by Gasteiger charge is 2.30. The second-order valence-electron chi connectivity index (χ2n) is 5.58. The van der Waals surface area contributed by atoms with E-state index in [9.17, 15) is 5.11 Å². The van der Waals surface area contributed by atoms with Gasteiger partial charge in [-0.1, -0.05) is 24.4 Å². The average Bonchev–Trinajstić information content (AvgIpc) is 2.88. The lowest BCUT2D eigenvalue weighted by Crippen LogP contribution is -2.37. The summed E-state index contributed by atoms with van der Waals surface area (Å²) in [6.07, 6.45) is 3.99. The maximum atomic E-state index is 10.3. The van der Waals surface area contributed by atoms with E-state index in [1.54, 1.807) is 7.11 Å². The van der Waals surface area contributed by atoms with Crippen molar-refractivity contribution < 1.29 is 14.6 Å². The van der Waals surface area contributed by atoms with Crippen molar-refractivity contribution in [3.63, 3.8) is 0 Å². The fourth-order valence-corrected chi connectivity index (χ4v) is 3.10. The minimum Gasteiger partial charge on any atom is -0.493 e. The zero-order chi connectivity index (χ0) is 15.3. The molecule has 0 heterocycles. The SMILES string of the molecule is CCOc1c(Cl)cc(CNCC2(O)CCCC2)cc1OC. The lowest BCUT2D eigenvalue weighted by molar-refractivity contribution is 0.0475. The maximum Gasteiger partial charge on any atom is 0.179 e. The molecule has 4 nitrogen and oxygen atoms in total. The fourth-order valence-electron chi connectivity index (χ4n) is 2.81. The number of ether oxygens (including phenoxy) is 2. The summed E-state index contributed by atoms with van der Waals surface area (Å²) in [7, 11) is 1.60. The quantitative estimate of drug-likeness (QED) is 0.812. The first-order valence-electron chi connectivity index (χ1n) is 7.50. The molecule has 1 saturated carbocycles. The van der Waals surface area contributed by atoms with Gasteiger partial charge in [-0.25, -0.2) is 0 Å². The van der Waals surface area contributed by atoms with Crippen LogP contribution in [0.2, 0.25) is 5.02 Å². The summed E-state index contributed by atoms with van der Waals surface area (Å²) in [5, 5.41) is 14.2. The first-order valence-corrected chi connectivity index (χ1v) is 7.88. The van der Waals surface area contributed by atoms with E-state index in [4.69, 9.17) is 21.1 Å². The molecule has 0 amide bonds. The molecule has 1 aliphatic rings.